The van der Waals surface area contributed by atoms with Crippen LogP contribution in [0.5, 0.6) is 0 Å². The summed E-state index contributed by atoms with van der Waals surface area (Å²) < 4.78 is 29.8. The van der Waals surface area contributed by atoms with Gasteiger partial charge in [-0.2, -0.15) is 13.2 Å². The van der Waals surface area contributed by atoms with Crippen molar-refractivity contribution in [2.75, 3.05) is 0 Å². The van der Waals surface area contributed by atoms with Gasteiger partial charge in [-0.1, -0.05) is 17.7 Å². The van der Waals surface area contributed by atoms with E-state index in [9.17, 15) is 23.1 Å². The van der Waals surface area contributed by atoms with Gasteiger partial charge in [-0.15, -0.1) is 0 Å². The van der Waals surface area contributed by atoms with Crippen molar-refractivity contribution in [3.63, 3.8) is 0 Å². The van der Waals surface area contributed by atoms with Gasteiger partial charge in [0.05, 0.1) is 0 Å². The van der Waals surface area contributed by atoms with Gasteiger partial charge in [0.2, 0.25) is 6.34 Å². The van der Waals surface area contributed by atoms with Crippen LogP contribution in [0, 0.1) is 6.92 Å². The van der Waals surface area contributed by atoms with Crippen molar-refractivity contribution in [2.45, 2.75) is 57.6 Å². The second kappa shape index (κ2) is 7.96. The zero-order valence-corrected chi connectivity index (χ0v) is 17.9. The summed E-state index contributed by atoms with van der Waals surface area (Å²) in [6, 6.07) is 5.45. The number of quaternary nitrogens is 1. The molecule has 2 N–H and O–H groups in total. The highest BCUT2D eigenvalue weighted by Gasteiger charge is 2.52. The number of nitrogens with one attached hydrogen (secondary N) is 1. The lowest BCUT2D eigenvalue weighted by molar-refractivity contribution is -0.554. The lowest BCUT2D eigenvalue weighted by atomic mass is 10.2. The van der Waals surface area contributed by atoms with Crippen LogP contribution in [-0.2, 0) is 14.8 Å². The minimum Gasteiger partial charge on any atom is -0.444 e. The lowest BCUT2D eigenvalue weighted by Crippen LogP contribution is -2.49. The second-order valence-electron chi connectivity index (χ2n) is 7.90. The maximum atomic E-state index is 13.0. The molecule has 9 nitrogen and oxygen atoms in total. The third kappa shape index (κ3) is 5.01. The Balaban J connectivity index is 2.24. The average Bonchev–Trinajstić information content (AvgIpc) is 2.99. The van der Waals surface area contributed by atoms with Gasteiger partial charge in [-0.25, -0.2) is 9.79 Å². The van der Waals surface area contributed by atoms with E-state index in [1.807, 2.05) is 0 Å². The molecule has 2 atom stereocenters. The number of hydrogen-bond acceptors (Lipinski definition) is 6. The lowest BCUT2D eigenvalue weighted by Gasteiger charge is -2.22. The van der Waals surface area contributed by atoms with E-state index in [0.717, 1.165) is 18.1 Å². The summed E-state index contributed by atoms with van der Waals surface area (Å²) in [6.07, 6.45) is -0.166. The van der Waals surface area contributed by atoms with E-state index < -0.39 is 37.7 Å². The molecule has 0 aromatic heterocycles. The molecule has 0 spiro atoms. The molecule has 10 heteroatoms. The van der Waals surface area contributed by atoms with Crippen LogP contribution in [0.1, 0.15) is 39.7 Å². The van der Waals surface area contributed by atoms with Gasteiger partial charge in [0.25, 0.3) is 0 Å². The Labute approximate surface area is 170 Å². The van der Waals surface area contributed by atoms with Gasteiger partial charge >= 0.3 is 22.2 Å². The molecule has 29 heavy (non-hydrogen) atoms. The van der Waals surface area contributed by atoms with Gasteiger partial charge in [0, 0.05) is 12.5 Å². The van der Waals surface area contributed by atoms with Crippen molar-refractivity contribution in [1.82, 2.24) is 5.32 Å². The highest BCUT2D eigenvalue weighted by molar-refractivity contribution is 7.86. The van der Waals surface area contributed by atoms with Gasteiger partial charge in [-0.3, -0.25) is 0 Å². The minimum absolute atomic E-state index is 0.130. The summed E-state index contributed by atoms with van der Waals surface area (Å²) >= 11 is 0. The number of carbonyl (C=O) groups is 2. The molecule has 1 aromatic rings. The maximum absolute atomic E-state index is 13.0. The van der Waals surface area contributed by atoms with Crippen molar-refractivity contribution >= 4 is 28.5 Å². The fourth-order valence-electron chi connectivity index (χ4n) is 2.65. The highest BCUT2D eigenvalue weighted by atomic mass is 32.2. The number of rotatable bonds is 5. The zero-order valence-electron chi connectivity index (χ0n) is 17.0. The summed E-state index contributed by atoms with van der Waals surface area (Å²) in [5.41, 5.74) is 0.414. The summed E-state index contributed by atoms with van der Waals surface area (Å²) in [6.45, 7) is 8.68. The van der Waals surface area contributed by atoms with E-state index in [-0.39, 0.29) is 17.0 Å². The van der Waals surface area contributed by atoms with Crippen molar-refractivity contribution < 1.29 is 31.7 Å². The molecule has 1 aromatic carbocycles. The first-order valence-corrected chi connectivity index (χ1v) is 10.4. The fourth-order valence-corrected chi connectivity index (χ4v) is 4.12. The molecule has 0 bridgehead atoms. The first-order valence-electron chi connectivity index (χ1n) is 8.97. The van der Waals surface area contributed by atoms with Crippen LogP contribution in [0.3, 0.4) is 0 Å². The molecule has 0 aliphatic carbocycles. The Morgan fingerprint density at radius 1 is 1.24 bits per heavy atom. The summed E-state index contributed by atoms with van der Waals surface area (Å²) in [5.74, 6) is 0. The number of amides is 2. The molecule has 158 valence electrons. The zero-order chi connectivity index (χ0) is 22.0. The van der Waals surface area contributed by atoms with Gasteiger partial charge in [0.15, 0.2) is 6.20 Å². The first kappa shape index (κ1) is 22.6. The minimum atomic E-state index is -4.33. The van der Waals surface area contributed by atoms with Crippen LogP contribution >= 0.6 is 0 Å². The van der Waals surface area contributed by atoms with E-state index in [4.69, 9.17) is 4.74 Å². The Morgan fingerprint density at radius 2 is 1.83 bits per heavy atom. The number of benzene rings is 1. The van der Waals surface area contributed by atoms with E-state index in [1.54, 1.807) is 46.8 Å². The van der Waals surface area contributed by atoms with Gasteiger partial charge in [0.1, 0.15) is 16.2 Å². The molecular formula is C19H26N3O6S+. The fraction of sp³-hybridized carbons (Fsp3) is 0.421. The standard InChI is InChI=1S/C19H25N3O6S/c1-13-6-8-16(9-7-13)29(26,27)22(18(24)25)11-15(20-12-22)10-14(2)21-17(23)28-19(3,4)5/h6-9,11-12,14H,10H2,1-5H3,(H-,21,23,24,25)/p+1/t14-,22?/m1/s1. The van der Waals surface area contributed by atoms with E-state index >= 15 is 0 Å². The third-order valence-electron chi connectivity index (χ3n) is 4.03. The number of aliphatic imine (C=N–C) groups is 1. The summed E-state index contributed by atoms with van der Waals surface area (Å²) in [5, 5.41) is 12.3. The maximum Gasteiger partial charge on any atom is 0.540 e. The van der Waals surface area contributed by atoms with Crippen molar-refractivity contribution in [3.05, 3.63) is 41.7 Å². The number of nitrogens with zero attached hydrogens (tertiary/aromatic N) is 2. The van der Waals surface area contributed by atoms with Crippen LogP contribution < -0.4 is 5.32 Å². The molecule has 1 unspecified atom stereocenters. The van der Waals surface area contributed by atoms with E-state index in [1.165, 1.54) is 12.1 Å². The van der Waals surface area contributed by atoms with Gasteiger partial charge < -0.3 is 15.2 Å². The number of aryl methyl sites for hydroxylation is 1. The molecule has 1 heterocycles. The molecule has 0 saturated carbocycles. The number of hydrogen-bond donors (Lipinski definition) is 2. The Morgan fingerprint density at radius 3 is 2.34 bits per heavy atom. The Kier molecular flexibility index (Phi) is 6.19. The van der Waals surface area contributed by atoms with Crippen LogP contribution in [0.2, 0.25) is 0 Å². The first-order chi connectivity index (χ1) is 13.3. The predicted octanol–water partition coefficient (Wildman–Crippen LogP) is 3.37. The van der Waals surface area contributed by atoms with Crippen LogP contribution in [0.15, 0.2) is 46.1 Å². The van der Waals surface area contributed by atoms with Gasteiger partial charge in [-0.05, 0) is 50.6 Å². The highest BCUT2D eigenvalue weighted by Crippen LogP contribution is 2.30. The molecule has 1 aliphatic rings. The topological polar surface area (TPSA) is 122 Å². The quantitative estimate of drug-likeness (QED) is 0.699. The average molecular weight is 424 g/mol. The second-order valence-corrected chi connectivity index (χ2v) is 9.92. The number of ether oxygens (including phenoxy) is 1. The van der Waals surface area contributed by atoms with Crippen LogP contribution in [-0.4, -0.2) is 47.6 Å². The van der Waals surface area contributed by atoms with Crippen LogP contribution in [0.25, 0.3) is 0 Å². The van der Waals surface area contributed by atoms with Crippen molar-refractivity contribution in [3.8, 4) is 0 Å². The molecule has 0 fully saturated rings. The SMILES string of the molecule is Cc1ccc(S(=O)(=O)[N+]2(C(=O)O)C=NC(C[C@@H](C)NC(=O)OC(C)(C)C)=C2)cc1. The van der Waals surface area contributed by atoms with E-state index in [2.05, 4.69) is 10.3 Å². The summed E-state index contributed by atoms with van der Waals surface area (Å²) in [7, 11) is -4.33. The predicted molar refractivity (Wildman–Crippen MR) is 107 cm³/mol. The normalized spacial score (nSPS) is 20.1. The van der Waals surface area contributed by atoms with Crippen molar-refractivity contribution in [1.29, 1.82) is 0 Å². The molecular weight excluding hydrogens is 398 g/mol. The number of carboxylic acid groups (broad SMARTS) is 1. The number of sulfonamides is 1. The number of alkyl carbamates (subject to hydrolysis) is 1. The molecule has 2 amide bonds. The molecule has 2 rings (SSSR count). The molecule has 0 saturated heterocycles. The molecule has 1 aliphatic heterocycles. The van der Waals surface area contributed by atoms with Crippen LogP contribution in [0.4, 0.5) is 9.59 Å². The van der Waals surface area contributed by atoms with E-state index in [0.29, 0.717) is 0 Å². The summed E-state index contributed by atoms with van der Waals surface area (Å²) in [4.78, 5) is 27.7. The smallest absolute Gasteiger partial charge is 0.444 e. The largest absolute Gasteiger partial charge is 0.540 e. The molecule has 0 radical (unpaired) electrons. The third-order valence-corrected chi connectivity index (χ3v) is 6.05. The monoisotopic (exact) mass is 424 g/mol. The Bertz CT molecular complexity index is 961. The Hall–Kier alpha value is -2.72. The number of carbonyl (C=O) groups excluding carboxylic acids is 1. The van der Waals surface area contributed by atoms with Crippen molar-refractivity contribution in [2.24, 2.45) is 4.99 Å².